The number of halogens is 1. The van der Waals surface area contributed by atoms with Crippen molar-refractivity contribution in [1.82, 2.24) is 5.20 Å². The number of hydrogen-bond acceptors (Lipinski definition) is 3. The quantitative estimate of drug-likeness (QED) is 0.408. The van der Waals surface area contributed by atoms with Gasteiger partial charge in [0.15, 0.2) is 0 Å². The molecule has 4 N–H and O–H groups in total. The Morgan fingerprint density at radius 3 is 2.46 bits per heavy atom. The van der Waals surface area contributed by atoms with Gasteiger partial charge in [-0.05, 0) is 24.3 Å². The summed E-state index contributed by atoms with van der Waals surface area (Å²) in [5, 5.41) is 2.17. The molecule has 0 aliphatic carbocycles. The minimum Gasteiger partial charge on any atom is -0.413 e. The molecule has 0 spiro atoms. The zero-order valence-electron chi connectivity index (χ0n) is 6.48. The second-order valence-electron chi connectivity index (χ2n) is 2.19. The van der Waals surface area contributed by atoms with Crippen LogP contribution in [0.4, 0.5) is 0 Å². The van der Waals surface area contributed by atoms with Gasteiger partial charge in [0.05, 0.1) is 0 Å². The summed E-state index contributed by atoms with van der Waals surface area (Å²) < 4.78 is 15.5. The van der Waals surface area contributed by atoms with E-state index >= 15 is 0 Å². The summed E-state index contributed by atoms with van der Waals surface area (Å²) in [5.41, 5.74) is 0. The van der Waals surface area contributed by atoms with Crippen molar-refractivity contribution >= 4 is 19.3 Å². The zero-order valence-corrected chi connectivity index (χ0v) is 8.13. The van der Waals surface area contributed by atoms with E-state index in [1.807, 2.05) is 0 Å². The average Bonchev–Trinajstić information content (AvgIpc) is 2.09. The van der Waals surface area contributed by atoms with Gasteiger partial charge >= 0.3 is 7.75 Å². The first kappa shape index (κ1) is 10.5. The SMILES string of the molecule is NNP(=O)(O)Oc1ccc(Cl)cc1. The first-order valence-electron chi connectivity index (χ1n) is 3.29. The maximum Gasteiger partial charge on any atom is 0.469 e. The molecule has 0 saturated heterocycles. The molecule has 72 valence electrons. The highest BCUT2D eigenvalue weighted by Crippen LogP contribution is 2.36. The van der Waals surface area contributed by atoms with Crippen molar-refractivity contribution in [3.8, 4) is 5.75 Å². The van der Waals surface area contributed by atoms with Crippen LogP contribution in [-0.2, 0) is 4.57 Å². The van der Waals surface area contributed by atoms with Crippen molar-refractivity contribution < 1.29 is 14.0 Å². The average molecular weight is 223 g/mol. The van der Waals surface area contributed by atoms with E-state index in [1.165, 1.54) is 24.3 Å². The van der Waals surface area contributed by atoms with Crippen LogP contribution in [0.3, 0.4) is 0 Å². The molecule has 13 heavy (non-hydrogen) atoms. The number of benzene rings is 1. The highest BCUT2D eigenvalue weighted by molar-refractivity contribution is 7.50. The van der Waals surface area contributed by atoms with E-state index in [2.05, 4.69) is 4.52 Å². The Morgan fingerprint density at radius 1 is 1.46 bits per heavy atom. The monoisotopic (exact) mass is 222 g/mol. The molecular formula is C6H8ClN2O3P. The lowest BCUT2D eigenvalue weighted by molar-refractivity contribution is 0.365. The van der Waals surface area contributed by atoms with Crippen LogP contribution in [0.15, 0.2) is 24.3 Å². The van der Waals surface area contributed by atoms with Gasteiger partial charge in [-0.3, -0.25) is 5.84 Å². The van der Waals surface area contributed by atoms with Gasteiger partial charge < -0.3 is 9.42 Å². The maximum absolute atomic E-state index is 10.9. The molecule has 7 heteroatoms. The van der Waals surface area contributed by atoms with Crippen LogP contribution in [-0.4, -0.2) is 4.89 Å². The summed E-state index contributed by atoms with van der Waals surface area (Å²) in [4.78, 5) is 8.91. The fourth-order valence-electron chi connectivity index (χ4n) is 0.665. The Balaban J connectivity index is 2.75. The Bertz CT molecular complexity index is 329. The van der Waals surface area contributed by atoms with Gasteiger partial charge in [-0.2, -0.15) is 5.20 Å². The molecule has 1 unspecified atom stereocenters. The van der Waals surface area contributed by atoms with Crippen LogP contribution in [0.25, 0.3) is 0 Å². The lowest BCUT2D eigenvalue weighted by atomic mass is 10.3. The fourth-order valence-corrected chi connectivity index (χ4v) is 1.25. The predicted molar refractivity (Wildman–Crippen MR) is 49.2 cm³/mol. The molecule has 0 amide bonds. The van der Waals surface area contributed by atoms with E-state index in [0.29, 0.717) is 5.02 Å². The van der Waals surface area contributed by atoms with E-state index in [-0.39, 0.29) is 5.75 Å². The third-order valence-corrected chi connectivity index (χ3v) is 2.24. The number of hydrogen-bond donors (Lipinski definition) is 3. The molecule has 1 aromatic carbocycles. The maximum atomic E-state index is 10.9. The zero-order chi connectivity index (χ0) is 9.90. The van der Waals surface area contributed by atoms with Crippen LogP contribution in [0.5, 0.6) is 5.75 Å². The first-order chi connectivity index (χ1) is 6.03. The lowest BCUT2D eigenvalue weighted by Gasteiger charge is -2.10. The van der Waals surface area contributed by atoms with Crippen LogP contribution in [0.1, 0.15) is 0 Å². The molecule has 0 aliphatic rings. The van der Waals surface area contributed by atoms with Crippen molar-refractivity contribution in [1.29, 1.82) is 0 Å². The third-order valence-electron chi connectivity index (χ3n) is 1.21. The smallest absolute Gasteiger partial charge is 0.413 e. The summed E-state index contributed by atoms with van der Waals surface area (Å²) in [6, 6.07) is 5.99. The lowest BCUT2D eigenvalue weighted by Crippen LogP contribution is -2.20. The molecule has 1 rings (SSSR count). The summed E-state index contributed by atoms with van der Waals surface area (Å²) in [6.45, 7) is 0. The number of nitrogens with one attached hydrogen (secondary N) is 1. The Morgan fingerprint density at radius 2 is 2.00 bits per heavy atom. The van der Waals surface area contributed by atoms with Crippen molar-refractivity contribution in [2.24, 2.45) is 5.84 Å². The van der Waals surface area contributed by atoms with Crippen molar-refractivity contribution in [2.75, 3.05) is 0 Å². The second kappa shape index (κ2) is 4.09. The molecule has 0 radical (unpaired) electrons. The van der Waals surface area contributed by atoms with Crippen LogP contribution in [0, 0.1) is 0 Å². The van der Waals surface area contributed by atoms with Gasteiger partial charge in [-0.15, -0.1) is 0 Å². The Kier molecular flexibility index (Phi) is 3.30. The fraction of sp³-hybridized carbons (Fsp3) is 0. The number of nitrogens with two attached hydrogens (primary N) is 1. The molecule has 1 atom stereocenters. The molecule has 5 nitrogen and oxygen atoms in total. The second-order valence-corrected chi connectivity index (χ2v) is 4.11. The summed E-state index contributed by atoms with van der Waals surface area (Å²) in [6.07, 6.45) is 0. The molecule has 0 aliphatic heterocycles. The van der Waals surface area contributed by atoms with Gasteiger partial charge in [0.25, 0.3) is 0 Å². The van der Waals surface area contributed by atoms with Crippen LogP contribution < -0.4 is 15.6 Å². The Labute approximate surface area is 80.0 Å². The molecule has 0 bridgehead atoms. The van der Waals surface area contributed by atoms with Gasteiger partial charge in [0.2, 0.25) is 0 Å². The number of rotatable bonds is 3. The largest absolute Gasteiger partial charge is 0.469 e. The van der Waals surface area contributed by atoms with Crippen molar-refractivity contribution in [2.45, 2.75) is 0 Å². The van der Waals surface area contributed by atoms with Gasteiger partial charge in [0.1, 0.15) is 5.75 Å². The summed E-state index contributed by atoms with van der Waals surface area (Å²) in [5.74, 6) is 4.99. The summed E-state index contributed by atoms with van der Waals surface area (Å²) >= 11 is 5.59. The molecule has 0 heterocycles. The van der Waals surface area contributed by atoms with Crippen molar-refractivity contribution in [3.05, 3.63) is 29.3 Å². The van der Waals surface area contributed by atoms with E-state index in [9.17, 15) is 4.57 Å². The standard InChI is InChI=1S/C6H8ClN2O3P/c7-5-1-3-6(4-2-5)12-13(10,11)9-8/h1-4H,8H2,(H2,9,10,11). The summed E-state index contributed by atoms with van der Waals surface area (Å²) in [7, 11) is -3.93. The Hall–Kier alpha value is -0.580. The predicted octanol–water partition coefficient (Wildman–Crippen LogP) is 1.28. The van der Waals surface area contributed by atoms with E-state index in [0.717, 1.165) is 0 Å². The molecule has 0 aromatic heterocycles. The molecule has 1 aromatic rings. The minimum absolute atomic E-state index is 0.216. The van der Waals surface area contributed by atoms with Crippen LogP contribution in [0.2, 0.25) is 5.02 Å². The van der Waals surface area contributed by atoms with E-state index in [4.69, 9.17) is 22.3 Å². The van der Waals surface area contributed by atoms with E-state index in [1.54, 1.807) is 5.20 Å². The highest BCUT2D eigenvalue weighted by atomic mass is 35.5. The van der Waals surface area contributed by atoms with Gasteiger partial charge in [-0.1, -0.05) is 11.6 Å². The van der Waals surface area contributed by atoms with E-state index < -0.39 is 7.75 Å². The number of hydrazine groups is 1. The van der Waals surface area contributed by atoms with Gasteiger partial charge in [0, 0.05) is 5.02 Å². The van der Waals surface area contributed by atoms with Crippen molar-refractivity contribution in [3.63, 3.8) is 0 Å². The molecular weight excluding hydrogens is 215 g/mol. The highest BCUT2D eigenvalue weighted by Gasteiger charge is 2.17. The molecule has 0 fully saturated rings. The van der Waals surface area contributed by atoms with Crippen LogP contribution >= 0.6 is 19.3 Å². The normalized spacial score (nSPS) is 15.0. The van der Waals surface area contributed by atoms with Gasteiger partial charge in [-0.25, -0.2) is 4.57 Å². The third kappa shape index (κ3) is 3.34. The first-order valence-corrected chi connectivity index (χ1v) is 5.25. The molecule has 0 saturated carbocycles. The topological polar surface area (TPSA) is 84.6 Å². The minimum atomic E-state index is -3.93.